The number of benzene rings is 1. The smallest absolute Gasteiger partial charge is 0.294 e. The maximum Gasteiger partial charge on any atom is 0.294 e. The molecule has 0 aliphatic carbocycles. The average molecular weight is 401 g/mol. The number of aliphatic hydroxyl groups excluding tert-OH is 1. The van der Waals surface area contributed by atoms with Crippen molar-refractivity contribution in [3.05, 3.63) is 30.3 Å². The molecule has 0 saturated carbocycles. The van der Waals surface area contributed by atoms with Gasteiger partial charge in [0.15, 0.2) is 0 Å². The van der Waals surface area contributed by atoms with E-state index < -0.39 is 27.4 Å². The van der Waals surface area contributed by atoms with E-state index >= 15 is 0 Å². The molecule has 1 aromatic rings. The molecule has 2 rings (SSSR count). The molecule has 1 heterocycles. The molecule has 0 bridgehead atoms. The summed E-state index contributed by atoms with van der Waals surface area (Å²) in [7, 11) is -4.00. The minimum atomic E-state index is -4.00. The van der Waals surface area contributed by atoms with E-state index in [4.69, 9.17) is 14.9 Å². The first-order valence-corrected chi connectivity index (χ1v) is 9.68. The number of amides is 1. The highest BCUT2D eigenvalue weighted by Crippen LogP contribution is 2.29. The summed E-state index contributed by atoms with van der Waals surface area (Å²) in [5.74, 6) is -2.62. The lowest BCUT2D eigenvalue weighted by atomic mass is 10.1. The van der Waals surface area contributed by atoms with E-state index in [2.05, 4.69) is 5.32 Å². The molecule has 0 aromatic heterocycles. The second-order valence-corrected chi connectivity index (χ2v) is 8.13. The third-order valence-electron chi connectivity index (χ3n) is 3.94. The normalized spacial score (nSPS) is 19.8. The Labute approximate surface area is 158 Å². The molecule has 3 N–H and O–H groups in total. The third-order valence-corrected chi connectivity index (χ3v) is 4.81. The van der Waals surface area contributed by atoms with Crippen LogP contribution in [0.25, 0.3) is 0 Å². The Bertz CT molecular complexity index is 780. The van der Waals surface area contributed by atoms with Gasteiger partial charge in [0.2, 0.25) is 5.91 Å². The quantitative estimate of drug-likeness (QED) is 0.497. The van der Waals surface area contributed by atoms with E-state index in [0.717, 1.165) is 4.90 Å². The number of rotatable bonds is 5. The van der Waals surface area contributed by atoms with Crippen molar-refractivity contribution in [1.29, 1.82) is 5.26 Å². The highest BCUT2D eigenvalue weighted by atomic mass is 32.2. The third kappa shape index (κ3) is 6.88. The second kappa shape index (κ2) is 9.23. The Morgan fingerprint density at radius 1 is 1.41 bits per heavy atom. The van der Waals surface area contributed by atoms with Gasteiger partial charge in [-0.05, 0) is 32.4 Å². The molecule has 1 amide bonds. The lowest BCUT2D eigenvalue weighted by Crippen LogP contribution is -2.51. The lowest BCUT2D eigenvalue weighted by molar-refractivity contribution is -0.137. The number of carbonyl (C=O) groups is 1. The number of carbonyl (C=O) groups excluding carboxylic acids is 1. The van der Waals surface area contributed by atoms with Crippen LogP contribution in [0.4, 0.5) is 4.39 Å². The van der Waals surface area contributed by atoms with Gasteiger partial charge >= 0.3 is 0 Å². The first-order valence-electron chi connectivity index (χ1n) is 8.24. The van der Waals surface area contributed by atoms with Gasteiger partial charge in [-0.15, -0.1) is 0 Å². The van der Waals surface area contributed by atoms with Crippen molar-refractivity contribution in [3.8, 4) is 6.07 Å². The molecule has 1 saturated heterocycles. The maximum absolute atomic E-state index is 13.9. The number of nitrogens with one attached hydrogen (secondary N) is 1. The number of likely N-dealkylation sites (tertiary alicyclic amines) is 1. The standard InChI is InChI=1S/C11H18FN3O2.C6H6O3S/c1-10(2,8-16)14-6-9(17)15-5-3-4-11(15,12)7-13;7-10(8,9)6-4-2-1-3-5-6/h14,16H,3-6,8H2,1-2H3;1-5H,(H,7,8,9). The molecule has 1 fully saturated rings. The second-order valence-electron chi connectivity index (χ2n) is 6.70. The van der Waals surface area contributed by atoms with E-state index in [0.29, 0.717) is 6.42 Å². The summed E-state index contributed by atoms with van der Waals surface area (Å²) in [5.41, 5.74) is -0.596. The van der Waals surface area contributed by atoms with Crippen LogP contribution in [0.1, 0.15) is 26.7 Å². The highest BCUT2D eigenvalue weighted by Gasteiger charge is 2.44. The molecule has 1 atom stereocenters. The summed E-state index contributed by atoms with van der Waals surface area (Å²) in [6, 6.07) is 8.97. The van der Waals surface area contributed by atoms with E-state index in [1.807, 2.05) is 0 Å². The zero-order chi connectivity index (χ0) is 20.7. The van der Waals surface area contributed by atoms with Gasteiger partial charge in [-0.2, -0.15) is 13.7 Å². The average Bonchev–Trinajstić information content (AvgIpc) is 3.03. The predicted octanol–water partition coefficient (Wildman–Crippen LogP) is 1.09. The van der Waals surface area contributed by atoms with Gasteiger partial charge in [0.05, 0.1) is 18.0 Å². The molecule has 27 heavy (non-hydrogen) atoms. The predicted molar refractivity (Wildman–Crippen MR) is 95.8 cm³/mol. The van der Waals surface area contributed by atoms with Crippen LogP contribution in [0.3, 0.4) is 0 Å². The van der Waals surface area contributed by atoms with E-state index in [1.165, 1.54) is 12.1 Å². The number of aliphatic hydroxyl groups is 1. The molecular formula is C17H24FN3O5S. The zero-order valence-electron chi connectivity index (χ0n) is 15.2. The van der Waals surface area contributed by atoms with Crippen LogP contribution in [0.2, 0.25) is 0 Å². The van der Waals surface area contributed by atoms with E-state index in [9.17, 15) is 17.6 Å². The fourth-order valence-electron chi connectivity index (χ4n) is 2.28. The van der Waals surface area contributed by atoms with Crippen molar-refractivity contribution < 1.29 is 27.3 Å². The van der Waals surface area contributed by atoms with Gasteiger partial charge in [-0.1, -0.05) is 18.2 Å². The maximum atomic E-state index is 13.9. The number of nitrogens with zero attached hydrogens (tertiary/aromatic N) is 2. The molecule has 10 heteroatoms. The molecule has 1 aliphatic rings. The molecule has 1 aliphatic heterocycles. The number of hydrogen-bond donors (Lipinski definition) is 3. The largest absolute Gasteiger partial charge is 0.394 e. The number of alkyl halides is 1. The van der Waals surface area contributed by atoms with Crippen molar-refractivity contribution in [2.24, 2.45) is 0 Å². The first-order chi connectivity index (χ1) is 12.4. The molecule has 0 radical (unpaired) electrons. The Hall–Kier alpha value is -2.06. The fourth-order valence-corrected chi connectivity index (χ4v) is 2.78. The van der Waals surface area contributed by atoms with Crippen molar-refractivity contribution >= 4 is 16.0 Å². The molecule has 8 nitrogen and oxygen atoms in total. The molecule has 1 aromatic carbocycles. The molecule has 0 spiro atoms. The SMILES string of the molecule is CC(C)(CO)NCC(=O)N1CCCC1(F)C#N.O=S(=O)(O)c1ccccc1. The number of hydrogen-bond acceptors (Lipinski definition) is 6. The van der Waals surface area contributed by atoms with Gasteiger partial charge in [0.1, 0.15) is 6.07 Å². The van der Waals surface area contributed by atoms with Gasteiger partial charge in [0, 0.05) is 18.5 Å². The van der Waals surface area contributed by atoms with Crippen molar-refractivity contribution in [2.75, 3.05) is 19.7 Å². The van der Waals surface area contributed by atoms with Gasteiger partial charge in [-0.3, -0.25) is 14.2 Å². The topological polar surface area (TPSA) is 131 Å². The van der Waals surface area contributed by atoms with Crippen LogP contribution in [0, 0.1) is 11.3 Å². The van der Waals surface area contributed by atoms with Gasteiger partial charge in [-0.25, -0.2) is 4.39 Å². The number of nitriles is 1. The summed E-state index contributed by atoms with van der Waals surface area (Å²) < 4.78 is 43.2. The zero-order valence-corrected chi connectivity index (χ0v) is 16.0. The van der Waals surface area contributed by atoms with Crippen molar-refractivity contribution in [3.63, 3.8) is 0 Å². The Kier molecular flexibility index (Phi) is 7.86. The monoisotopic (exact) mass is 401 g/mol. The van der Waals surface area contributed by atoms with Crippen LogP contribution in [-0.4, -0.2) is 59.9 Å². The Balaban J connectivity index is 0.000000309. The summed E-state index contributed by atoms with van der Waals surface area (Å²) in [4.78, 5) is 12.7. The summed E-state index contributed by atoms with van der Waals surface area (Å²) in [6.45, 7) is 3.53. The number of halogens is 1. The van der Waals surface area contributed by atoms with E-state index in [-0.39, 0.29) is 31.0 Å². The minimum absolute atomic E-state index is 0.0681. The van der Waals surface area contributed by atoms with Gasteiger partial charge in [0.25, 0.3) is 15.9 Å². The van der Waals surface area contributed by atoms with Gasteiger partial charge < -0.3 is 10.4 Å². The fraction of sp³-hybridized carbons (Fsp3) is 0.529. The first kappa shape index (κ1) is 23.0. The van der Waals surface area contributed by atoms with Crippen LogP contribution in [-0.2, 0) is 14.9 Å². The van der Waals surface area contributed by atoms with Crippen molar-refractivity contribution in [1.82, 2.24) is 10.2 Å². The van der Waals surface area contributed by atoms with Crippen LogP contribution in [0.15, 0.2) is 35.2 Å². The van der Waals surface area contributed by atoms with Crippen LogP contribution >= 0.6 is 0 Å². The summed E-state index contributed by atoms with van der Waals surface area (Å²) in [6.07, 6.45) is 0.567. The van der Waals surface area contributed by atoms with E-state index in [1.54, 1.807) is 38.1 Å². The van der Waals surface area contributed by atoms with Crippen molar-refractivity contribution in [2.45, 2.75) is 42.9 Å². The molecular weight excluding hydrogens is 377 g/mol. The minimum Gasteiger partial charge on any atom is -0.394 e. The van der Waals surface area contributed by atoms with Crippen LogP contribution < -0.4 is 5.32 Å². The molecule has 150 valence electrons. The summed E-state index contributed by atoms with van der Waals surface area (Å²) in [5, 5.41) is 20.6. The summed E-state index contributed by atoms with van der Waals surface area (Å²) >= 11 is 0. The molecule has 1 unspecified atom stereocenters. The Morgan fingerprint density at radius 3 is 2.44 bits per heavy atom. The van der Waals surface area contributed by atoms with Crippen LogP contribution in [0.5, 0.6) is 0 Å². The Morgan fingerprint density at radius 2 is 2.00 bits per heavy atom. The highest BCUT2D eigenvalue weighted by molar-refractivity contribution is 7.85. The lowest BCUT2D eigenvalue weighted by Gasteiger charge is -2.28.